The molecule has 0 spiro atoms. The van der Waals surface area contributed by atoms with Crippen molar-refractivity contribution in [1.29, 1.82) is 0 Å². The van der Waals surface area contributed by atoms with Gasteiger partial charge in [0, 0.05) is 5.56 Å². The van der Waals surface area contributed by atoms with Crippen molar-refractivity contribution >= 4 is 5.97 Å². The van der Waals surface area contributed by atoms with E-state index in [4.69, 9.17) is 9.15 Å². The molecule has 2 rings (SSSR count). The zero-order chi connectivity index (χ0) is 15.6. The topological polar surface area (TPSA) is 39.4 Å². The second-order valence-electron chi connectivity index (χ2n) is 4.38. The number of rotatable bonds is 3. The highest BCUT2D eigenvalue weighted by atomic mass is 19.4. The van der Waals surface area contributed by atoms with E-state index in [-0.39, 0.29) is 23.5 Å². The van der Waals surface area contributed by atoms with Gasteiger partial charge in [0.2, 0.25) is 0 Å². The number of hydrogen-bond donors (Lipinski definition) is 0. The number of alkyl halides is 3. The quantitative estimate of drug-likeness (QED) is 0.786. The first kappa shape index (κ1) is 15.2. The van der Waals surface area contributed by atoms with Gasteiger partial charge in [-0.25, -0.2) is 4.79 Å². The number of esters is 1. The minimum absolute atomic E-state index is 0.196. The molecule has 0 aliphatic rings. The minimum atomic E-state index is -4.43. The summed E-state index contributed by atoms with van der Waals surface area (Å²) in [7, 11) is 0. The summed E-state index contributed by atoms with van der Waals surface area (Å²) in [4.78, 5) is 11.7. The molecule has 112 valence electrons. The smallest absolute Gasteiger partial charge is 0.416 e. The zero-order valence-electron chi connectivity index (χ0n) is 11.5. The summed E-state index contributed by atoms with van der Waals surface area (Å²) in [5, 5.41) is 0. The molecule has 1 heterocycles. The van der Waals surface area contributed by atoms with Crippen molar-refractivity contribution in [2.45, 2.75) is 20.0 Å². The molecule has 1 aromatic carbocycles. The Morgan fingerprint density at radius 2 is 2.00 bits per heavy atom. The van der Waals surface area contributed by atoms with E-state index in [0.29, 0.717) is 5.76 Å². The van der Waals surface area contributed by atoms with Crippen LogP contribution in [0.4, 0.5) is 13.2 Å². The molecule has 0 radical (unpaired) electrons. The number of halogens is 3. The van der Waals surface area contributed by atoms with Crippen LogP contribution in [0.5, 0.6) is 0 Å². The van der Waals surface area contributed by atoms with Crippen LogP contribution in [0.15, 0.2) is 34.7 Å². The summed E-state index contributed by atoms with van der Waals surface area (Å²) < 4.78 is 48.3. The largest absolute Gasteiger partial charge is 0.462 e. The molecule has 1 aromatic heterocycles. The lowest BCUT2D eigenvalue weighted by Gasteiger charge is -2.07. The monoisotopic (exact) mass is 298 g/mol. The summed E-state index contributed by atoms with van der Waals surface area (Å²) in [6.07, 6.45) is -4.43. The van der Waals surface area contributed by atoms with Crippen LogP contribution >= 0.6 is 0 Å². The lowest BCUT2D eigenvalue weighted by atomic mass is 10.1. The maximum atomic E-state index is 12.7. The molecular formula is C15H13F3O3. The zero-order valence-corrected chi connectivity index (χ0v) is 11.5. The molecule has 0 bridgehead atoms. The Morgan fingerprint density at radius 1 is 1.29 bits per heavy atom. The fourth-order valence-corrected chi connectivity index (χ4v) is 1.88. The van der Waals surface area contributed by atoms with Crippen molar-refractivity contribution in [3.05, 3.63) is 47.2 Å². The predicted molar refractivity (Wildman–Crippen MR) is 69.8 cm³/mol. The van der Waals surface area contributed by atoms with Crippen molar-refractivity contribution in [1.82, 2.24) is 0 Å². The number of aryl methyl sites for hydroxylation is 1. The average Bonchev–Trinajstić information content (AvgIpc) is 2.80. The molecule has 0 atom stereocenters. The van der Waals surface area contributed by atoms with Crippen LogP contribution in [-0.2, 0) is 10.9 Å². The molecule has 0 saturated heterocycles. The van der Waals surface area contributed by atoms with Crippen LogP contribution in [0.1, 0.15) is 28.6 Å². The Bertz CT molecular complexity index is 656. The second-order valence-corrected chi connectivity index (χ2v) is 4.38. The van der Waals surface area contributed by atoms with Gasteiger partial charge in [-0.1, -0.05) is 12.1 Å². The number of benzene rings is 1. The van der Waals surface area contributed by atoms with E-state index in [2.05, 4.69) is 0 Å². The Labute approximate surface area is 119 Å². The maximum Gasteiger partial charge on any atom is 0.416 e. The molecule has 0 fully saturated rings. The van der Waals surface area contributed by atoms with Crippen molar-refractivity contribution in [3.8, 4) is 11.3 Å². The Morgan fingerprint density at radius 3 is 2.62 bits per heavy atom. The SMILES string of the molecule is CCOC(=O)c1cc(-c2cccc(C(F)(F)F)c2)oc1C. The first-order valence-electron chi connectivity index (χ1n) is 6.28. The third-order valence-corrected chi connectivity index (χ3v) is 2.89. The van der Waals surface area contributed by atoms with E-state index in [1.165, 1.54) is 18.2 Å². The van der Waals surface area contributed by atoms with Crippen LogP contribution in [0.25, 0.3) is 11.3 Å². The van der Waals surface area contributed by atoms with Crippen LogP contribution in [0.3, 0.4) is 0 Å². The van der Waals surface area contributed by atoms with Gasteiger partial charge < -0.3 is 9.15 Å². The summed E-state index contributed by atoms with van der Waals surface area (Å²) in [5.74, 6) is -0.0560. The number of ether oxygens (including phenoxy) is 1. The molecular weight excluding hydrogens is 285 g/mol. The first-order chi connectivity index (χ1) is 9.82. The second kappa shape index (κ2) is 5.63. The van der Waals surface area contributed by atoms with Gasteiger partial charge in [0.1, 0.15) is 17.1 Å². The van der Waals surface area contributed by atoms with Gasteiger partial charge in [0.25, 0.3) is 0 Å². The third kappa shape index (κ3) is 3.26. The van der Waals surface area contributed by atoms with Gasteiger partial charge in [-0.15, -0.1) is 0 Å². The number of hydrogen-bond acceptors (Lipinski definition) is 3. The number of furan rings is 1. The summed E-state index contributed by atoms with van der Waals surface area (Å²) >= 11 is 0. The molecule has 6 heteroatoms. The van der Waals surface area contributed by atoms with Gasteiger partial charge >= 0.3 is 12.1 Å². The molecule has 21 heavy (non-hydrogen) atoms. The van der Waals surface area contributed by atoms with Crippen molar-refractivity contribution < 1.29 is 27.1 Å². The van der Waals surface area contributed by atoms with Crippen molar-refractivity contribution in [2.24, 2.45) is 0 Å². The molecule has 0 amide bonds. The van der Waals surface area contributed by atoms with Gasteiger partial charge in [0.15, 0.2) is 0 Å². The maximum absolute atomic E-state index is 12.7. The predicted octanol–water partition coefficient (Wildman–Crippen LogP) is 4.45. The molecule has 0 aliphatic carbocycles. The molecule has 0 saturated carbocycles. The standard InChI is InChI=1S/C15H13F3O3/c1-3-20-14(19)12-8-13(21-9(12)2)10-5-4-6-11(7-10)15(16,17)18/h4-8H,3H2,1-2H3. The van der Waals surface area contributed by atoms with Crippen molar-refractivity contribution in [3.63, 3.8) is 0 Å². The van der Waals surface area contributed by atoms with E-state index < -0.39 is 17.7 Å². The van der Waals surface area contributed by atoms with Crippen molar-refractivity contribution in [2.75, 3.05) is 6.61 Å². The van der Waals surface area contributed by atoms with Crippen LogP contribution in [0, 0.1) is 6.92 Å². The van der Waals surface area contributed by atoms with Crippen LogP contribution < -0.4 is 0 Å². The van der Waals surface area contributed by atoms with Crippen LogP contribution in [0.2, 0.25) is 0 Å². The first-order valence-corrected chi connectivity index (χ1v) is 6.28. The molecule has 2 aromatic rings. The highest BCUT2D eigenvalue weighted by Gasteiger charge is 2.30. The van der Waals surface area contributed by atoms with E-state index >= 15 is 0 Å². The Kier molecular flexibility index (Phi) is 4.06. The Hall–Kier alpha value is -2.24. The molecule has 0 unspecified atom stereocenters. The fraction of sp³-hybridized carbons (Fsp3) is 0.267. The normalized spacial score (nSPS) is 11.5. The van der Waals surface area contributed by atoms with Gasteiger partial charge in [0.05, 0.1) is 12.2 Å². The van der Waals surface area contributed by atoms with Gasteiger partial charge in [-0.05, 0) is 32.0 Å². The third-order valence-electron chi connectivity index (χ3n) is 2.89. The summed E-state index contributed by atoms with van der Waals surface area (Å²) in [6.45, 7) is 3.44. The molecule has 0 N–H and O–H groups in total. The molecule has 0 aliphatic heterocycles. The summed E-state index contributed by atoms with van der Waals surface area (Å²) in [5.41, 5.74) is -0.306. The summed E-state index contributed by atoms with van der Waals surface area (Å²) in [6, 6.07) is 6.13. The highest BCUT2D eigenvalue weighted by molar-refractivity contribution is 5.91. The molecule has 3 nitrogen and oxygen atoms in total. The highest BCUT2D eigenvalue weighted by Crippen LogP contribution is 2.33. The number of carbonyl (C=O) groups is 1. The lowest BCUT2D eigenvalue weighted by Crippen LogP contribution is -2.04. The van der Waals surface area contributed by atoms with Gasteiger partial charge in [-0.2, -0.15) is 13.2 Å². The van der Waals surface area contributed by atoms with E-state index in [0.717, 1.165) is 12.1 Å². The fourth-order valence-electron chi connectivity index (χ4n) is 1.88. The Balaban J connectivity index is 2.40. The minimum Gasteiger partial charge on any atom is -0.462 e. The van der Waals surface area contributed by atoms with E-state index in [1.54, 1.807) is 13.8 Å². The van der Waals surface area contributed by atoms with Gasteiger partial charge in [-0.3, -0.25) is 0 Å². The van der Waals surface area contributed by atoms with E-state index in [1.807, 2.05) is 0 Å². The average molecular weight is 298 g/mol. The number of carbonyl (C=O) groups excluding carboxylic acids is 1. The van der Waals surface area contributed by atoms with Crippen LogP contribution in [-0.4, -0.2) is 12.6 Å². The van der Waals surface area contributed by atoms with E-state index in [9.17, 15) is 18.0 Å². The lowest BCUT2D eigenvalue weighted by molar-refractivity contribution is -0.137.